The molecular weight excluding hydrogens is 369 g/mol. The summed E-state index contributed by atoms with van der Waals surface area (Å²) in [6, 6.07) is 11.2. The highest BCUT2D eigenvalue weighted by molar-refractivity contribution is 6.35. The number of benzene rings is 2. The van der Waals surface area contributed by atoms with Crippen molar-refractivity contribution in [2.45, 2.75) is 31.8 Å². The number of hydrogen-bond donors (Lipinski definition) is 2. The first-order valence-electron chi connectivity index (χ1n) is 8.71. The molecule has 2 aromatic carbocycles. The van der Waals surface area contributed by atoms with Gasteiger partial charge in [0.1, 0.15) is 0 Å². The standard InChI is InChI=1S/C20H23Cl2N3O/c1-3-19(23)20(26)24-14-6-4-5-12(7-14)16-10-25(2)11-17-15(16)8-13(21)9-18(17)22/h4-9,16,19H,3,10-11,23H2,1-2H3,(H,24,26)/t16?,19-/m0/s1. The van der Waals surface area contributed by atoms with Crippen LogP contribution in [0.4, 0.5) is 5.69 Å². The van der Waals surface area contributed by atoms with Crippen LogP contribution >= 0.6 is 23.2 Å². The molecule has 0 saturated carbocycles. The third kappa shape index (κ3) is 4.04. The SMILES string of the molecule is CC[C@H](N)C(=O)Nc1cccc(C2CN(C)Cc3c(Cl)cc(Cl)cc32)c1. The van der Waals surface area contributed by atoms with Crippen molar-refractivity contribution in [1.82, 2.24) is 4.90 Å². The van der Waals surface area contributed by atoms with Crippen molar-refractivity contribution in [2.24, 2.45) is 5.73 Å². The number of halogens is 2. The molecule has 0 spiro atoms. The molecule has 0 fully saturated rings. The number of amides is 1. The Bertz CT molecular complexity index is 825. The Labute approximate surface area is 164 Å². The summed E-state index contributed by atoms with van der Waals surface area (Å²) in [5.74, 6) is -0.0337. The lowest BCUT2D eigenvalue weighted by Gasteiger charge is -2.33. The molecule has 3 N–H and O–H groups in total. The molecule has 0 bridgehead atoms. The topological polar surface area (TPSA) is 58.4 Å². The summed E-state index contributed by atoms with van der Waals surface area (Å²) in [4.78, 5) is 14.3. The molecule has 0 radical (unpaired) electrons. The number of rotatable bonds is 4. The van der Waals surface area contributed by atoms with Gasteiger partial charge in [-0.3, -0.25) is 4.79 Å². The van der Waals surface area contributed by atoms with Gasteiger partial charge in [-0.05, 0) is 54.4 Å². The maximum absolute atomic E-state index is 12.1. The van der Waals surface area contributed by atoms with E-state index in [2.05, 4.69) is 23.3 Å². The highest BCUT2D eigenvalue weighted by Gasteiger charge is 2.27. The number of likely N-dealkylation sites (N-methyl/N-ethyl adjacent to an activating group) is 1. The predicted octanol–water partition coefficient (Wildman–Crippen LogP) is 4.25. The molecule has 3 rings (SSSR count). The van der Waals surface area contributed by atoms with Gasteiger partial charge >= 0.3 is 0 Å². The van der Waals surface area contributed by atoms with Crippen LogP contribution in [0, 0.1) is 0 Å². The fourth-order valence-electron chi connectivity index (χ4n) is 3.38. The van der Waals surface area contributed by atoms with E-state index < -0.39 is 6.04 Å². The zero-order valence-electron chi connectivity index (χ0n) is 14.9. The molecule has 0 aliphatic carbocycles. The highest BCUT2D eigenvalue weighted by Crippen LogP contribution is 2.38. The van der Waals surface area contributed by atoms with Gasteiger partial charge in [0.25, 0.3) is 0 Å². The zero-order valence-corrected chi connectivity index (χ0v) is 16.4. The van der Waals surface area contributed by atoms with Crippen LogP contribution in [-0.4, -0.2) is 30.4 Å². The van der Waals surface area contributed by atoms with Gasteiger partial charge in [-0.2, -0.15) is 0 Å². The van der Waals surface area contributed by atoms with Gasteiger partial charge in [0.15, 0.2) is 0 Å². The largest absolute Gasteiger partial charge is 0.325 e. The third-order valence-corrected chi connectivity index (χ3v) is 5.38. The molecule has 2 aromatic rings. The summed E-state index contributed by atoms with van der Waals surface area (Å²) in [5, 5.41) is 4.24. The summed E-state index contributed by atoms with van der Waals surface area (Å²) in [6.07, 6.45) is 0.601. The van der Waals surface area contributed by atoms with E-state index in [1.807, 2.05) is 31.2 Å². The number of anilines is 1. The minimum atomic E-state index is -0.502. The molecule has 0 saturated heterocycles. The Balaban J connectivity index is 1.95. The second-order valence-corrected chi connectivity index (χ2v) is 7.68. The van der Waals surface area contributed by atoms with Crippen LogP contribution in [0.25, 0.3) is 0 Å². The molecule has 4 nitrogen and oxygen atoms in total. The Hall–Kier alpha value is -1.59. The van der Waals surface area contributed by atoms with E-state index in [1.165, 1.54) is 0 Å². The lowest BCUT2D eigenvalue weighted by atomic mass is 9.84. The number of fused-ring (bicyclic) bond motifs is 1. The number of carbonyl (C=O) groups is 1. The van der Waals surface area contributed by atoms with Crippen molar-refractivity contribution in [1.29, 1.82) is 0 Å². The average molecular weight is 392 g/mol. The van der Waals surface area contributed by atoms with Crippen molar-refractivity contribution >= 4 is 34.8 Å². The van der Waals surface area contributed by atoms with Gasteiger partial charge in [-0.1, -0.05) is 42.3 Å². The molecule has 1 heterocycles. The molecule has 1 unspecified atom stereocenters. The highest BCUT2D eigenvalue weighted by atomic mass is 35.5. The number of nitrogens with one attached hydrogen (secondary N) is 1. The number of nitrogens with two attached hydrogens (primary N) is 1. The van der Waals surface area contributed by atoms with Crippen molar-refractivity contribution in [2.75, 3.05) is 18.9 Å². The van der Waals surface area contributed by atoms with Crippen molar-refractivity contribution in [3.63, 3.8) is 0 Å². The van der Waals surface area contributed by atoms with Crippen molar-refractivity contribution in [3.8, 4) is 0 Å². The fourth-order valence-corrected chi connectivity index (χ4v) is 3.95. The molecule has 138 valence electrons. The molecule has 1 aliphatic rings. The minimum absolute atomic E-state index is 0.136. The van der Waals surface area contributed by atoms with E-state index in [4.69, 9.17) is 28.9 Å². The lowest BCUT2D eigenvalue weighted by molar-refractivity contribution is -0.117. The zero-order chi connectivity index (χ0) is 18.8. The molecule has 2 atom stereocenters. The van der Waals surface area contributed by atoms with Gasteiger partial charge < -0.3 is 16.0 Å². The van der Waals surface area contributed by atoms with E-state index in [-0.39, 0.29) is 11.8 Å². The summed E-state index contributed by atoms with van der Waals surface area (Å²) < 4.78 is 0. The first-order chi connectivity index (χ1) is 12.4. The number of carbonyl (C=O) groups excluding carboxylic acids is 1. The van der Waals surface area contributed by atoms with Crippen molar-refractivity contribution in [3.05, 3.63) is 63.1 Å². The Morgan fingerprint density at radius 2 is 2.12 bits per heavy atom. The Morgan fingerprint density at radius 3 is 2.85 bits per heavy atom. The molecule has 1 aliphatic heterocycles. The second-order valence-electron chi connectivity index (χ2n) is 6.83. The number of nitrogens with zero attached hydrogens (tertiary/aromatic N) is 1. The Kier molecular flexibility index (Phi) is 5.88. The van der Waals surface area contributed by atoms with E-state index in [0.29, 0.717) is 16.5 Å². The van der Waals surface area contributed by atoms with Crippen LogP contribution in [-0.2, 0) is 11.3 Å². The maximum atomic E-state index is 12.1. The van der Waals surface area contributed by atoms with Gasteiger partial charge in [0.05, 0.1) is 6.04 Å². The van der Waals surface area contributed by atoms with E-state index in [1.54, 1.807) is 6.07 Å². The predicted molar refractivity (Wildman–Crippen MR) is 108 cm³/mol. The smallest absolute Gasteiger partial charge is 0.241 e. The van der Waals surface area contributed by atoms with Gasteiger partial charge in [-0.25, -0.2) is 0 Å². The summed E-state index contributed by atoms with van der Waals surface area (Å²) >= 11 is 12.7. The number of hydrogen-bond acceptors (Lipinski definition) is 3. The Morgan fingerprint density at radius 1 is 1.35 bits per heavy atom. The van der Waals surface area contributed by atoms with Crippen LogP contribution in [0.15, 0.2) is 36.4 Å². The molecular formula is C20H23Cl2N3O. The molecule has 26 heavy (non-hydrogen) atoms. The van der Waals surface area contributed by atoms with Crippen LogP contribution in [0.5, 0.6) is 0 Å². The van der Waals surface area contributed by atoms with Gasteiger partial charge in [0.2, 0.25) is 5.91 Å². The van der Waals surface area contributed by atoms with Crippen LogP contribution < -0.4 is 11.1 Å². The summed E-state index contributed by atoms with van der Waals surface area (Å²) in [6.45, 7) is 3.54. The molecule has 6 heteroatoms. The average Bonchev–Trinajstić information content (AvgIpc) is 2.61. The quantitative estimate of drug-likeness (QED) is 0.818. The van der Waals surface area contributed by atoms with Crippen LogP contribution in [0.1, 0.15) is 36.0 Å². The van der Waals surface area contributed by atoms with E-state index in [9.17, 15) is 4.79 Å². The first-order valence-corrected chi connectivity index (χ1v) is 9.47. The minimum Gasteiger partial charge on any atom is -0.325 e. The maximum Gasteiger partial charge on any atom is 0.241 e. The molecule has 1 amide bonds. The summed E-state index contributed by atoms with van der Waals surface area (Å²) in [7, 11) is 2.08. The summed E-state index contributed by atoms with van der Waals surface area (Å²) in [5.41, 5.74) is 9.93. The van der Waals surface area contributed by atoms with Crippen LogP contribution in [0.3, 0.4) is 0 Å². The van der Waals surface area contributed by atoms with E-state index >= 15 is 0 Å². The third-order valence-electron chi connectivity index (χ3n) is 4.83. The first kappa shape index (κ1) is 19.2. The second kappa shape index (κ2) is 7.97. The van der Waals surface area contributed by atoms with E-state index in [0.717, 1.165) is 35.5 Å². The van der Waals surface area contributed by atoms with Gasteiger partial charge in [-0.15, -0.1) is 0 Å². The molecule has 0 aromatic heterocycles. The fraction of sp³-hybridized carbons (Fsp3) is 0.350. The van der Waals surface area contributed by atoms with Crippen molar-refractivity contribution < 1.29 is 4.79 Å². The van der Waals surface area contributed by atoms with Crippen LogP contribution in [0.2, 0.25) is 10.0 Å². The monoisotopic (exact) mass is 391 g/mol. The normalized spacial score (nSPS) is 18.3. The van der Waals surface area contributed by atoms with Gasteiger partial charge in [0, 0.05) is 34.7 Å². The lowest BCUT2D eigenvalue weighted by Crippen LogP contribution is -2.35.